The zero-order chi connectivity index (χ0) is 20.5. The summed E-state index contributed by atoms with van der Waals surface area (Å²) in [5.41, 5.74) is 6.85. The van der Waals surface area contributed by atoms with E-state index in [9.17, 15) is 8.78 Å². The molecule has 152 valence electrons. The van der Waals surface area contributed by atoms with Gasteiger partial charge in [0.05, 0.1) is 6.04 Å². The van der Waals surface area contributed by atoms with Gasteiger partial charge in [-0.25, -0.2) is 13.2 Å². The molecule has 3 unspecified atom stereocenters. The lowest BCUT2D eigenvalue weighted by Gasteiger charge is -2.23. The Morgan fingerprint density at radius 2 is 2.04 bits per heavy atom. The largest absolute Gasteiger partial charge is 0.383 e. The molecule has 1 aromatic carbocycles. The van der Waals surface area contributed by atoms with Crippen LogP contribution in [-0.2, 0) is 0 Å². The molecule has 0 radical (unpaired) electrons. The van der Waals surface area contributed by atoms with Crippen molar-refractivity contribution in [3.05, 3.63) is 65.5 Å². The Morgan fingerprint density at radius 1 is 1.25 bits per heavy atom. The van der Waals surface area contributed by atoms with Gasteiger partial charge < -0.3 is 11.1 Å². The van der Waals surface area contributed by atoms with Crippen molar-refractivity contribution >= 4 is 5.84 Å². The zero-order valence-corrected chi connectivity index (χ0v) is 16.2. The Morgan fingerprint density at radius 3 is 2.68 bits per heavy atom. The second kappa shape index (κ2) is 10.8. The van der Waals surface area contributed by atoms with E-state index in [0.717, 1.165) is 6.07 Å². The van der Waals surface area contributed by atoms with Gasteiger partial charge >= 0.3 is 0 Å². The number of nitrogens with one attached hydrogen (secondary N) is 1. The molecule has 3 N–H and O–H groups in total. The Kier molecular flexibility index (Phi) is 8.44. The van der Waals surface area contributed by atoms with Gasteiger partial charge in [-0.3, -0.25) is 9.98 Å². The molecule has 28 heavy (non-hydrogen) atoms. The van der Waals surface area contributed by atoms with Crippen LogP contribution in [0.25, 0.3) is 0 Å². The standard InChI is InChI=1S/C21H27F3N4/c1-3-14(16-7-4-8-17(22)20(16)24)12-18(23)19(9-11-26-2)28-21(25)15-6-5-10-27-13-15/h4-8,10,13-14,18-19,26H,3,9,11-12H2,1-2H3,(H2,25,28). The predicted molar refractivity (Wildman–Crippen MR) is 106 cm³/mol. The number of nitrogens with two attached hydrogens (primary N) is 1. The zero-order valence-electron chi connectivity index (χ0n) is 16.2. The third-order valence-corrected chi connectivity index (χ3v) is 4.79. The van der Waals surface area contributed by atoms with Crippen molar-refractivity contribution in [1.29, 1.82) is 0 Å². The van der Waals surface area contributed by atoms with Gasteiger partial charge in [0.2, 0.25) is 0 Å². The lowest BCUT2D eigenvalue weighted by Crippen LogP contribution is -2.29. The number of aliphatic imine (C=N–C) groups is 1. The van der Waals surface area contributed by atoms with Gasteiger partial charge in [-0.2, -0.15) is 0 Å². The summed E-state index contributed by atoms with van der Waals surface area (Å²) in [4.78, 5) is 8.37. The van der Waals surface area contributed by atoms with E-state index in [1.165, 1.54) is 12.1 Å². The number of benzene rings is 1. The molecule has 0 aliphatic carbocycles. The molecule has 3 atom stereocenters. The molecular weight excluding hydrogens is 365 g/mol. The van der Waals surface area contributed by atoms with Crippen LogP contribution >= 0.6 is 0 Å². The predicted octanol–water partition coefficient (Wildman–Crippen LogP) is 3.97. The third-order valence-electron chi connectivity index (χ3n) is 4.79. The first kappa shape index (κ1) is 21.9. The number of pyridine rings is 1. The van der Waals surface area contributed by atoms with Crippen molar-refractivity contribution in [2.24, 2.45) is 10.7 Å². The molecule has 1 heterocycles. The van der Waals surface area contributed by atoms with E-state index in [1.54, 1.807) is 31.6 Å². The molecular formula is C21H27F3N4. The van der Waals surface area contributed by atoms with Crippen LogP contribution < -0.4 is 11.1 Å². The average Bonchev–Trinajstić information content (AvgIpc) is 2.71. The summed E-state index contributed by atoms with van der Waals surface area (Å²) in [5, 5.41) is 2.98. The molecule has 0 aliphatic heterocycles. The molecule has 1 aromatic heterocycles. The summed E-state index contributed by atoms with van der Waals surface area (Å²) in [6.07, 6.45) is 2.79. The summed E-state index contributed by atoms with van der Waals surface area (Å²) >= 11 is 0. The molecule has 0 fully saturated rings. The summed E-state index contributed by atoms with van der Waals surface area (Å²) < 4.78 is 42.9. The van der Waals surface area contributed by atoms with E-state index >= 15 is 4.39 Å². The smallest absolute Gasteiger partial charge is 0.162 e. The number of halogens is 3. The van der Waals surface area contributed by atoms with Crippen LogP contribution in [0.2, 0.25) is 0 Å². The van der Waals surface area contributed by atoms with Crippen molar-refractivity contribution in [2.75, 3.05) is 13.6 Å². The summed E-state index contributed by atoms with van der Waals surface area (Å²) in [5.74, 6) is -2.07. The van der Waals surface area contributed by atoms with Gasteiger partial charge in [-0.1, -0.05) is 19.1 Å². The maximum Gasteiger partial charge on any atom is 0.162 e. The molecule has 0 amide bonds. The molecule has 7 heteroatoms. The van der Waals surface area contributed by atoms with Crippen LogP contribution in [0, 0.1) is 11.6 Å². The normalized spacial score (nSPS) is 15.2. The van der Waals surface area contributed by atoms with E-state index in [0.29, 0.717) is 24.9 Å². The Bertz CT molecular complexity index is 768. The van der Waals surface area contributed by atoms with Crippen LogP contribution in [0.1, 0.15) is 43.2 Å². The van der Waals surface area contributed by atoms with Crippen molar-refractivity contribution in [1.82, 2.24) is 10.3 Å². The highest BCUT2D eigenvalue weighted by molar-refractivity contribution is 5.97. The van der Waals surface area contributed by atoms with Gasteiger partial charge in [0.25, 0.3) is 0 Å². The molecule has 2 rings (SSSR count). The second-order valence-electron chi connectivity index (χ2n) is 6.72. The monoisotopic (exact) mass is 392 g/mol. The van der Waals surface area contributed by atoms with E-state index in [2.05, 4.69) is 15.3 Å². The number of amidine groups is 1. The van der Waals surface area contributed by atoms with Crippen molar-refractivity contribution in [3.63, 3.8) is 0 Å². The van der Waals surface area contributed by atoms with Gasteiger partial charge in [-0.15, -0.1) is 0 Å². The summed E-state index contributed by atoms with van der Waals surface area (Å²) in [7, 11) is 1.77. The minimum Gasteiger partial charge on any atom is -0.383 e. The van der Waals surface area contributed by atoms with E-state index in [4.69, 9.17) is 5.73 Å². The maximum atomic E-state index is 15.2. The highest BCUT2D eigenvalue weighted by Gasteiger charge is 2.26. The quantitative estimate of drug-likeness (QED) is 0.475. The van der Waals surface area contributed by atoms with Gasteiger partial charge in [-0.05, 0) is 62.5 Å². The summed E-state index contributed by atoms with van der Waals surface area (Å²) in [6, 6.07) is 6.81. The van der Waals surface area contributed by atoms with Gasteiger partial charge in [0.1, 0.15) is 12.0 Å². The number of nitrogens with zero attached hydrogens (tertiary/aromatic N) is 2. The number of rotatable bonds is 10. The number of alkyl halides is 1. The number of hydrogen-bond acceptors (Lipinski definition) is 3. The Labute approximate surface area is 164 Å². The topological polar surface area (TPSA) is 63.3 Å². The Hall–Kier alpha value is -2.41. The first-order chi connectivity index (χ1) is 13.5. The highest BCUT2D eigenvalue weighted by atomic mass is 19.2. The molecule has 0 bridgehead atoms. The van der Waals surface area contributed by atoms with Crippen molar-refractivity contribution in [2.45, 2.75) is 44.3 Å². The maximum absolute atomic E-state index is 15.2. The van der Waals surface area contributed by atoms with Crippen LogP contribution in [0.15, 0.2) is 47.7 Å². The number of aromatic nitrogens is 1. The van der Waals surface area contributed by atoms with Crippen LogP contribution in [0.4, 0.5) is 13.2 Å². The van der Waals surface area contributed by atoms with E-state index < -0.39 is 29.8 Å². The molecule has 4 nitrogen and oxygen atoms in total. The van der Waals surface area contributed by atoms with Crippen LogP contribution in [-0.4, -0.2) is 36.6 Å². The number of hydrogen-bond donors (Lipinski definition) is 2. The molecule has 0 spiro atoms. The first-order valence-corrected chi connectivity index (χ1v) is 9.44. The lowest BCUT2D eigenvalue weighted by molar-refractivity contribution is 0.239. The first-order valence-electron chi connectivity index (χ1n) is 9.44. The molecule has 0 saturated carbocycles. The van der Waals surface area contributed by atoms with Crippen LogP contribution in [0.5, 0.6) is 0 Å². The molecule has 2 aromatic rings. The third kappa shape index (κ3) is 5.79. The highest BCUT2D eigenvalue weighted by Crippen LogP contribution is 2.31. The Balaban J connectivity index is 2.21. The fraction of sp³-hybridized carbons (Fsp3) is 0.429. The minimum absolute atomic E-state index is 0.0368. The van der Waals surface area contributed by atoms with Crippen molar-refractivity contribution < 1.29 is 13.2 Å². The SMILES string of the molecule is CCC(CC(F)C(CCNC)/N=C(\N)c1cccnc1)c1cccc(F)c1F. The van der Waals surface area contributed by atoms with E-state index in [-0.39, 0.29) is 17.8 Å². The van der Waals surface area contributed by atoms with Gasteiger partial charge in [0.15, 0.2) is 11.6 Å². The minimum atomic E-state index is -1.35. The molecule has 0 saturated heterocycles. The fourth-order valence-corrected chi connectivity index (χ4v) is 3.16. The van der Waals surface area contributed by atoms with Gasteiger partial charge in [0, 0.05) is 18.0 Å². The molecule has 0 aliphatic rings. The van der Waals surface area contributed by atoms with Crippen molar-refractivity contribution in [3.8, 4) is 0 Å². The second-order valence-corrected chi connectivity index (χ2v) is 6.72. The fourth-order valence-electron chi connectivity index (χ4n) is 3.16. The lowest BCUT2D eigenvalue weighted by atomic mass is 9.88. The summed E-state index contributed by atoms with van der Waals surface area (Å²) in [6.45, 7) is 2.39. The van der Waals surface area contributed by atoms with E-state index in [1.807, 2.05) is 6.92 Å². The average molecular weight is 392 g/mol. The van der Waals surface area contributed by atoms with Crippen LogP contribution in [0.3, 0.4) is 0 Å².